The molecule has 0 aliphatic rings. The van der Waals surface area contributed by atoms with E-state index in [2.05, 4.69) is 36.4 Å². The van der Waals surface area contributed by atoms with E-state index < -0.39 is 5.63 Å². The molecular formula is C27H24O3S. The highest BCUT2D eigenvalue weighted by Gasteiger charge is 2.13. The highest BCUT2D eigenvalue weighted by molar-refractivity contribution is 7.99. The molecule has 3 nitrogen and oxygen atoms in total. The molecule has 1 heterocycles. The van der Waals surface area contributed by atoms with Gasteiger partial charge < -0.3 is 9.52 Å². The first kappa shape index (κ1) is 21.0. The van der Waals surface area contributed by atoms with Crippen LogP contribution in [-0.2, 0) is 19.3 Å². The van der Waals surface area contributed by atoms with Crippen LogP contribution in [0.3, 0.4) is 0 Å². The zero-order valence-corrected chi connectivity index (χ0v) is 18.0. The molecule has 0 amide bonds. The summed E-state index contributed by atoms with van der Waals surface area (Å²) in [6.07, 6.45) is 2.73. The molecule has 0 aliphatic carbocycles. The second-order valence-corrected chi connectivity index (χ2v) is 8.48. The Bertz CT molecular complexity index is 1170. The van der Waals surface area contributed by atoms with E-state index in [4.69, 9.17) is 4.42 Å². The average molecular weight is 429 g/mol. The number of hydrogen-bond donors (Lipinski definition) is 1. The zero-order valence-electron chi connectivity index (χ0n) is 17.2. The topological polar surface area (TPSA) is 50.4 Å². The maximum Gasteiger partial charge on any atom is 0.353 e. The first-order chi connectivity index (χ1) is 15.2. The highest BCUT2D eigenvalue weighted by atomic mass is 32.2. The normalized spacial score (nSPS) is 10.8. The van der Waals surface area contributed by atoms with E-state index >= 15 is 0 Å². The molecule has 4 rings (SSSR count). The molecule has 1 aromatic heterocycles. The van der Waals surface area contributed by atoms with Gasteiger partial charge in [-0.05, 0) is 36.0 Å². The van der Waals surface area contributed by atoms with Gasteiger partial charge in [-0.25, -0.2) is 4.79 Å². The van der Waals surface area contributed by atoms with Crippen LogP contribution in [0.5, 0.6) is 5.75 Å². The average Bonchev–Trinajstić information content (AvgIpc) is 2.81. The smallest absolute Gasteiger partial charge is 0.353 e. The van der Waals surface area contributed by atoms with Crippen molar-refractivity contribution in [3.63, 3.8) is 0 Å². The summed E-state index contributed by atoms with van der Waals surface area (Å²) in [6.45, 7) is 0. The lowest BCUT2D eigenvalue weighted by Crippen LogP contribution is -2.04. The van der Waals surface area contributed by atoms with Gasteiger partial charge in [-0.1, -0.05) is 84.9 Å². The summed E-state index contributed by atoms with van der Waals surface area (Å²) in [5.41, 5.74) is 4.00. The van der Waals surface area contributed by atoms with Crippen LogP contribution in [-0.4, -0.2) is 10.9 Å². The van der Waals surface area contributed by atoms with Gasteiger partial charge in [0, 0.05) is 17.4 Å². The molecule has 31 heavy (non-hydrogen) atoms. The largest absolute Gasteiger partial charge is 0.506 e. The molecule has 0 aliphatic heterocycles. The highest BCUT2D eigenvalue weighted by Crippen LogP contribution is 2.30. The van der Waals surface area contributed by atoms with Crippen LogP contribution in [0, 0.1) is 0 Å². The van der Waals surface area contributed by atoms with Gasteiger partial charge in [0.05, 0.1) is 0 Å². The van der Waals surface area contributed by atoms with E-state index in [0.29, 0.717) is 11.5 Å². The Hall–Kier alpha value is -3.24. The van der Waals surface area contributed by atoms with Crippen LogP contribution in [0.25, 0.3) is 11.3 Å². The van der Waals surface area contributed by atoms with Crippen molar-refractivity contribution in [1.82, 2.24) is 0 Å². The fraction of sp³-hybridized carbons (Fsp3) is 0.148. The van der Waals surface area contributed by atoms with Gasteiger partial charge in [0.25, 0.3) is 0 Å². The third-order valence-electron chi connectivity index (χ3n) is 5.15. The Morgan fingerprint density at radius 2 is 1.26 bits per heavy atom. The molecule has 0 radical (unpaired) electrons. The predicted molar refractivity (Wildman–Crippen MR) is 127 cm³/mol. The van der Waals surface area contributed by atoms with Gasteiger partial charge in [-0.3, -0.25) is 0 Å². The Kier molecular flexibility index (Phi) is 6.90. The minimum atomic E-state index is -0.499. The number of thioether (sulfide) groups is 1. The molecule has 0 atom stereocenters. The van der Waals surface area contributed by atoms with Crippen LogP contribution >= 0.6 is 11.8 Å². The molecule has 0 fully saturated rings. The van der Waals surface area contributed by atoms with Crippen molar-refractivity contribution < 1.29 is 9.52 Å². The molecule has 0 saturated carbocycles. The first-order valence-corrected chi connectivity index (χ1v) is 11.3. The Morgan fingerprint density at radius 1 is 0.710 bits per heavy atom. The minimum Gasteiger partial charge on any atom is -0.506 e. The van der Waals surface area contributed by atoms with Gasteiger partial charge in [0.2, 0.25) is 0 Å². The molecule has 156 valence electrons. The van der Waals surface area contributed by atoms with Crippen molar-refractivity contribution in [2.45, 2.75) is 24.2 Å². The van der Waals surface area contributed by atoms with E-state index in [1.807, 2.05) is 48.5 Å². The number of benzene rings is 3. The fourth-order valence-electron chi connectivity index (χ4n) is 3.43. The van der Waals surface area contributed by atoms with Crippen LogP contribution in [0.2, 0.25) is 0 Å². The molecule has 1 N–H and O–H groups in total. The zero-order chi connectivity index (χ0) is 21.5. The van der Waals surface area contributed by atoms with Crippen molar-refractivity contribution in [2.75, 3.05) is 5.75 Å². The molecule has 4 aromatic rings. The maximum absolute atomic E-state index is 12.5. The third kappa shape index (κ3) is 5.68. The number of aromatic hydroxyl groups is 1. The monoisotopic (exact) mass is 428 g/mol. The predicted octanol–water partition coefficient (Wildman–Crippen LogP) is 6.13. The summed E-state index contributed by atoms with van der Waals surface area (Å²) >= 11 is 1.32. The van der Waals surface area contributed by atoms with E-state index in [1.165, 1.54) is 34.5 Å². The standard InChI is InChI=1S/C27H24O3S/c28-24-19-25(30-27(29)26(24)31-18-17-21-9-5-2-6-10-21)23-15-13-22(14-16-23)12-11-20-7-3-1-4-8-20/h1-10,13-16,19,28H,11-12,17-18H2. The minimum absolute atomic E-state index is 0.0301. The molecule has 0 spiro atoms. The van der Waals surface area contributed by atoms with E-state index in [-0.39, 0.29) is 10.6 Å². The van der Waals surface area contributed by atoms with Gasteiger partial charge >= 0.3 is 5.63 Å². The lowest BCUT2D eigenvalue weighted by Gasteiger charge is -2.07. The molecule has 0 bridgehead atoms. The van der Waals surface area contributed by atoms with Crippen LogP contribution in [0.1, 0.15) is 16.7 Å². The van der Waals surface area contributed by atoms with Crippen LogP contribution in [0.15, 0.2) is 105 Å². The van der Waals surface area contributed by atoms with Crippen molar-refractivity contribution in [2.24, 2.45) is 0 Å². The Morgan fingerprint density at radius 3 is 1.84 bits per heavy atom. The summed E-state index contributed by atoms with van der Waals surface area (Å²) in [5, 5.41) is 10.4. The second-order valence-electron chi connectivity index (χ2n) is 7.38. The van der Waals surface area contributed by atoms with E-state index in [9.17, 15) is 9.90 Å². The molecule has 0 saturated heterocycles. The van der Waals surface area contributed by atoms with Gasteiger partial charge in [-0.2, -0.15) is 0 Å². The fourth-order valence-corrected chi connectivity index (χ4v) is 4.34. The Labute approximate surface area is 186 Å². The number of hydrogen-bond acceptors (Lipinski definition) is 4. The molecule has 4 heteroatoms. The van der Waals surface area contributed by atoms with Crippen molar-refractivity contribution >= 4 is 11.8 Å². The lowest BCUT2D eigenvalue weighted by atomic mass is 10.0. The van der Waals surface area contributed by atoms with Crippen LogP contribution < -0.4 is 5.63 Å². The van der Waals surface area contributed by atoms with Crippen molar-refractivity contribution in [1.29, 1.82) is 0 Å². The number of rotatable bonds is 8. The van der Waals surface area contributed by atoms with Gasteiger partial charge in [0.1, 0.15) is 16.4 Å². The molecule has 3 aromatic carbocycles. The summed E-state index contributed by atoms with van der Waals surface area (Å²) in [4.78, 5) is 12.7. The van der Waals surface area contributed by atoms with Crippen LogP contribution in [0.4, 0.5) is 0 Å². The molecular weight excluding hydrogens is 404 g/mol. The first-order valence-electron chi connectivity index (χ1n) is 10.4. The van der Waals surface area contributed by atoms with Gasteiger partial charge in [-0.15, -0.1) is 11.8 Å². The second kappa shape index (κ2) is 10.2. The maximum atomic E-state index is 12.5. The summed E-state index contributed by atoms with van der Waals surface area (Å²) in [5.74, 6) is 1.04. The summed E-state index contributed by atoms with van der Waals surface area (Å²) in [7, 11) is 0. The summed E-state index contributed by atoms with van der Waals surface area (Å²) in [6, 6.07) is 29.9. The van der Waals surface area contributed by atoms with Gasteiger partial charge in [0.15, 0.2) is 0 Å². The number of aryl methyl sites for hydroxylation is 3. The van der Waals surface area contributed by atoms with E-state index in [0.717, 1.165) is 24.8 Å². The van der Waals surface area contributed by atoms with Crippen molar-refractivity contribution in [3.05, 3.63) is 118 Å². The van der Waals surface area contributed by atoms with Crippen molar-refractivity contribution in [3.8, 4) is 17.1 Å². The molecule has 0 unspecified atom stereocenters. The SMILES string of the molecule is O=c1oc(-c2ccc(CCc3ccccc3)cc2)cc(O)c1SCCc1ccccc1. The van der Waals surface area contributed by atoms with E-state index in [1.54, 1.807) is 0 Å². The third-order valence-corrected chi connectivity index (χ3v) is 6.22. The Balaban J connectivity index is 1.40. The summed E-state index contributed by atoms with van der Waals surface area (Å²) < 4.78 is 5.51. The lowest BCUT2D eigenvalue weighted by molar-refractivity contribution is 0.430. The quantitative estimate of drug-likeness (QED) is 0.343.